The number of thioether (sulfide) groups is 1. The largest absolute Gasteiger partial charge is 0.268 e. The fraction of sp³-hybridized carbons (Fsp3) is 0.391. The molecule has 0 radical (unpaired) electrons. The molecule has 146 valence electrons. The van der Waals surface area contributed by atoms with E-state index >= 15 is 0 Å². The van der Waals surface area contributed by atoms with E-state index in [9.17, 15) is 4.79 Å². The highest BCUT2D eigenvalue weighted by Gasteiger charge is 2.32. The second-order valence-corrected chi connectivity index (χ2v) is 10.5. The van der Waals surface area contributed by atoms with Crippen molar-refractivity contribution in [3.63, 3.8) is 0 Å². The Morgan fingerprint density at radius 3 is 2.75 bits per heavy atom. The average molecular weight is 411 g/mol. The summed E-state index contributed by atoms with van der Waals surface area (Å²) in [6.07, 6.45) is 5.02. The number of para-hydroxylation sites is 1. The van der Waals surface area contributed by atoms with Gasteiger partial charge in [0.1, 0.15) is 4.83 Å². The fourth-order valence-electron chi connectivity index (χ4n) is 3.98. The van der Waals surface area contributed by atoms with Crippen LogP contribution in [0.25, 0.3) is 15.9 Å². The van der Waals surface area contributed by atoms with E-state index in [4.69, 9.17) is 4.98 Å². The first kappa shape index (κ1) is 19.5. The monoisotopic (exact) mass is 410 g/mol. The van der Waals surface area contributed by atoms with E-state index in [0.29, 0.717) is 5.92 Å². The molecule has 0 N–H and O–H groups in total. The van der Waals surface area contributed by atoms with Gasteiger partial charge in [0, 0.05) is 10.6 Å². The van der Waals surface area contributed by atoms with Crippen LogP contribution >= 0.6 is 23.1 Å². The third-order valence-electron chi connectivity index (χ3n) is 5.62. The van der Waals surface area contributed by atoms with Gasteiger partial charge >= 0.3 is 0 Å². The van der Waals surface area contributed by atoms with Crippen LogP contribution in [-0.2, 0) is 12.8 Å². The van der Waals surface area contributed by atoms with Gasteiger partial charge in [-0.3, -0.25) is 9.36 Å². The molecule has 3 nitrogen and oxygen atoms in total. The van der Waals surface area contributed by atoms with Gasteiger partial charge in [0.15, 0.2) is 5.16 Å². The van der Waals surface area contributed by atoms with Gasteiger partial charge in [-0.1, -0.05) is 56.8 Å². The van der Waals surface area contributed by atoms with Gasteiger partial charge in [0.2, 0.25) is 0 Å². The Bertz CT molecular complexity index is 1070. The Balaban J connectivity index is 1.91. The summed E-state index contributed by atoms with van der Waals surface area (Å²) in [6.45, 7) is 10.8. The maximum absolute atomic E-state index is 13.6. The van der Waals surface area contributed by atoms with Crippen molar-refractivity contribution in [2.24, 2.45) is 11.3 Å². The van der Waals surface area contributed by atoms with Crippen LogP contribution < -0.4 is 5.56 Å². The van der Waals surface area contributed by atoms with Gasteiger partial charge in [-0.25, -0.2) is 4.98 Å². The molecule has 1 aromatic carbocycles. The normalized spacial score (nSPS) is 16.9. The van der Waals surface area contributed by atoms with Crippen molar-refractivity contribution in [3.8, 4) is 5.69 Å². The maximum Gasteiger partial charge on any atom is 0.267 e. The smallest absolute Gasteiger partial charge is 0.267 e. The van der Waals surface area contributed by atoms with Crippen molar-refractivity contribution < 1.29 is 0 Å². The molecule has 0 amide bonds. The molecule has 3 aromatic rings. The second-order valence-electron chi connectivity index (χ2n) is 8.46. The Kier molecular flexibility index (Phi) is 5.23. The van der Waals surface area contributed by atoms with Gasteiger partial charge in [0.05, 0.1) is 11.1 Å². The SMILES string of the molecule is C=CCSc1nc2sc3c(c2c(=O)n1-c1ccccc1)CC[C@@H](C(C)(C)C)C3. The van der Waals surface area contributed by atoms with Crippen molar-refractivity contribution in [1.29, 1.82) is 0 Å². The van der Waals surface area contributed by atoms with Crippen molar-refractivity contribution >= 4 is 33.3 Å². The number of aromatic nitrogens is 2. The Hall–Kier alpha value is -1.85. The van der Waals surface area contributed by atoms with Crippen LogP contribution in [0.1, 0.15) is 37.6 Å². The van der Waals surface area contributed by atoms with E-state index < -0.39 is 0 Å². The molecule has 2 aromatic heterocycles. The molecule has 1 atom stereocenters. The highest BCUT2D eigenvalue weighted by molar-refractivity contribution is 7.99. The predicted octanol–water partition coefficient (Wildman–Crippen LogP) is 5.88. The van der Waals surface area contributed by atoms with Gasteiger partial charge in [0.25, 0.3) is 5.56 Å². The zero-order valence-electron chi connectivity index (χ0n) is 16.7. The minimum atomic E-state index is 0.0643. The summed E-state index contributed by atoms with van der Waals surface area (Å²) in [5, 5.41) is 1.58. The van der Waals surface area contributed by atoms with Crippen LogP contribution in [0, 0.1) is 11.3 Å². The molecule has 0 saturated heterocycles. The molecule has 1 aliphatic rings. The number of thiophene rings is 1. The van der Waals surface area contributed by atoms with E-state index in [1.165, 1.54) is 10.4 Å². The van der Waals surface area contributed by atoms with Crippen molar-refractivity contribution in [3.05, 3.63) is 63.8 Å². The van der Waals surface area contributed by atoms with Gasteiger partial charge in [-0.2, -0.15) is 0 Å². The summed E-state index contributed by atoms with van der Waals surface area (Å²) >= 11 is 3.28. The summed E-state index contributed by atoms with van der Waals surface area (Å²) in [4.78, 5) is 20.8. The van der Waals surface area contributed by atoms with Crippen molar-refractivity contribution in [2.45, 2.75) is 45.2 Å². The Morgan fingerprint density at radius 1 is 1.32 bits per heavy atom. The van der Waals surface area contributed by atoms with E-state index in [-0.39, 0.29) is 11.0 Å². The number of aryl methyl sites for hydroxylation is 1. The first-order chi connectivity index (χ1) is 13.4. The maximum atomic E-state index is 13.6. The second kappa shape index (κ2) is 7.53. The lowest BCUT2D eigenvalue weighted by Gasteiger charge is -2.33. The summed E-state index contributed by atoms with van der Waals surface area (Å²) in [7, 11) is 0. The lowest BCUT2D eigenvalue weighted by Crippen LogP contribution is -2.27. The average Bonchev–Trinajstić information content (AvgIpc) is 3.04. The first-order valence-electron chi connectivity index (χ1n) is 9.76. The van der Waals surface area contributed by atoms with Crippen LogP contribution in [0.5, 0.6) is 0 Å². The summed E-state index contributed by atoms with van der Waals surface area (Å²) < 4.78 is 1.78. The molecule has 0 fully saturated rings. The molecular formula is C23H26N2OS2. The quantitative estimate of drug-likeness (QED) is 0.306. The third kappa shape index (κ3) is 3.46. The molecule has 2 heterocycles. The minimum Gasteiger partial charge on any atom is -0.268 e. The third-order valence-corrected chi connectivity index (χ3v) is 7.70. The lowest BCUT2D eigenvalue weighted by molar-refractivity contribution is 0.218. The molecule has 5 heteroatoms. The number of rotatable bonds is 4. The van der Waals surface area contributed by atoms with Gasteiger partial charge < -0.3 is 0 Å². The molecular weight excluding hydrogens is 384 g/mol. The Morgan fingerprint density at radius 2 is 2.07 bits per heavy atom. The Labute approximate surface area is 174 Å². The molecule has 28 heavy (non-hydrogen) atoms. The van der Waals surface area contributed by atoms with Crippen molar-refractivity contribution in [2.75, 3.05) is 5.75 Å². The number of nitrogens with zero attached hydrogens (tertiary/aromatic N) is 2. The molecule has 0 aliphatic heterocycles. The number of fused-ring (bicyclic) bond motifs is 3. The van der Waals surface area contributed by atoms with Crippen LogP contribution in [0.3, 0.4) is 0 Å². The zero-order chi connectivity index (χ0) is 19.9. The summed E-state index contributed by atoms with van der Waals surface area (Å²) in [6, 6.07) is 9.84. The minimum absolute atomic E-state index is 0.0643. The van der Waals surface area contributed by atoms with E-state index in [2.05, 4.69) is 27.4 Å². The molecule has 0 saturated carbocycles. The van der Waals surface area contributed by atoms with Gasteiger partial charge in [-0.15, -0.1) is 17.9 Å². The van der Waals surface area contributed by atoms with Crippen molar-refractivity contribution in [1.82, 2.24) is 9.55 Å². The molecule has 1 aliphatic carbocycles. The number of hydrogen-bond donors (Lipinski definition) is 0. The van der Waals surface area contributed by atoms with Crippen LogP contribution in [0.15, 0.2) is 52.9 Å². The predicted molar refractivity (Wildman–Crippen MR) is 121 cm³/mol. The summed E-state index contributed by atoms with van der Waals surface area (Å²) in [5.74, 6) is 1.38. The molecule has 0 unspecified atom stereocenters. The molecule has 4 rings (SSSR count). The topological polar surface area (TPSA) is 34.9 Å². The highest BCUT2D eigenvalue weighted by Crippen LogP contribution is 2.42. The van der Waals surface area contributed by atoms with E-state index in [1.54, 1.807) is 27.7 Å². The van der Waals surface area contributed by atoms with Crippen LogP contribution in [-0.4, -0.2) is 15.3 Å². The highest BCUT2D eigenvalue weighted by atomic mass is 32.2. The lowest BCUT2D eigenvalue weighted by atomic mass is 9.72. The summed E-state index contributed by atoms with van der Waals surface area (Å²) in [5.41, 5.74) is 2.46. The molecule has 0 bridgehead atoms. The van der Waals surface area contributed by atoms with E-state index in [0.717, 1.165) is 46.1 Å². The number of hydrogen-bond acceptors (Lipinski definition) is 4. The number of benzene rings is 1. The van der Waals surface area contributed by atoms with Gasteiger partial charge in [-0.05, 0) is 48.3 Å². The fourth-order valence-corrected chi connectivity index (χ4v) is 6.07. The molecule has 0 spiro atoms. The zero-order valence-corrected chi connectivity index (χ0v) is 18.3. The van der Waals surface area contributed by atoms with E-state index in [1.807, 2.05) is 36.4 Å². The van der Waals surface area contributed by atoms with Crippen LogP contribution in [0.4, 0.5) is 0 Å². The first-order valence-corrected chi connectivity index (χ1v) is 11.6. The standard InChI is InChI=1S/C23H26N2OS2/c1-5-13-27-22-24-20-19(21(26)25(22)16-9-7-6-8-10-16)17-12-11-15(23(2,3)4)14-18(17)28-20/h5-10,15H,1,11-14H2,2-4H3/t15-/m1/s1. The van der Waals surface area contributed by atoms with Crippen LogP contribution in [0.2, 0.25) is 0 Å².